The van der Waals surface area contributed by atoms with Crippen molar-refractivity contribution in [3.8, 4) is 5.75 Å². The Morgan fingerprint density at radius 1 is 1.37 bits per heavy atom. The molecule has 0 saturated carbocycles. The predicted molar refractivity (Wildman–Crippen MR) is 110 cm³/mol. The maximum absolute atomic E-state index is 12.2. The minimum Gasteiger partial charge on any atom is -0.496 e. The fourth-order valence-electron chi connectivity index (χ4n) is 3.10. The molecule has 1 heterocycles. The van der Waals surface area contributed by atoms with Gasteiger partial charge >= 0.3 is 0 Å². The summed E-state index contributed by atoms with van der Waals surface area (Å²) in [5.74, 6) is 1.62. The van der Waals surface area contributed by atoms with Gasteiger partial charge in [0.05, 0.1) is 12.9 Å². The normalized spacial score (nSPS) is 17.0. The largest absolute Gasteiger partial charge is 0.496 e. The Labute approximate surface area is 167 Å². The average Bonchev–Trinajstić information content (AvgIpc) is 2.66. The van der Waals surface area contributed by atoms with Crippen LogP contribution in [-0.2, 0) is 16.6 Å². The molecule has 1 fully saturated rings. The van der Waals surface area contributed by atoms with Crippen molar-refractivity contribution in [2.75, 3.05) is 33.0 Å². The maximum Gasteiger partial charge on any atom is 0.214 e. The highest BCUT2D eigenvalue weighted by Gasteiger charge is 2.27. The molecule has 1 aromatic rings. The molecule has 0 spiro atoms. The summed E-state index contributed by atoms with van der Waals surface area (Å²) in [6, 6.07) is 5.71. The Hall–Kier alpha value is -1.51. The lowest BCUT2D eigenvalue weighted by atomic mass is 10.1. The molecule has 0 unspecified atom stereocenters. The van der Waals surface area contributed by atoms with Gasteiger partial charge in [-0.3, -0.25) is 4.99 Å². The quantitative estimate of drug-likeness (QED) is 0.526. The van der Waals surface area contributed by atoms with Gasteiger partial charge in [0.25, 0.3) is 0 Å². The summed E-state index contributed by atoms with van der Waals surface area (Å²) in [5.41, 5.74) is 0.977. The van der Waals surface area contributed by atoms with Gasteiger partial charge in [-0.05, 0) is 31.4 Å². The summed E-state index contributed by atoms with van der Waals surface area (Å²) in [5, 5.41) is 7.28. The van der Waals surface area contributed by atoms with Crippen LogP contribution in [0.1, 0.15) is 31.7 Å². The molecule has 0 radical (unpaired) electrons. The number of nitrogens with zero attached hydrogens (tertiary/aromatic N) is 2. The molecule has 0 amide bonds. The highest BCUT2D eigenvalue weighted by atomic mass is 35.5. The average molecular weight is 417 g/mol. The predicted octanol–water partition coefficient (Wildman–Crippen LogP) is 2.22. The number of halogens is 1. The van der Waals surface area contributed by atoms with Gasteiger partial charge in [-0.2, -0.15) is 0 Å². The van der Waals surface area contributed by atoms with E-state index in [0.717, 1.165) is 24.2 Å². The molecule has 0 aromatic heterocycles. The fraction of sp³-hybridized carbons (Fsp3) is 0.611. The van der Waals surface area contributed by atoms with Gasteiger partial charge in [-0.25, -0.2) is 12.7 Å². The van der Waals surface area contributed by atoms with Gasteiger partial charge in [-0.15, -0.1) is 0 Å². The highest BCUT2D eigenvalue weighted by Crippen LogP contribution is 2.23. The van der Waals surface area contributed by atoms with E-state index in [1.165, 1.54) is 0 Å². The minimum absolute atomic E-state index is 0.191. The topological polar surface area (TPSA) is 83.0 Å². The van der Waals surface area contributed by atoms with Crippen LogP contribution in [0, 0.1) is 0 Å². The molecule has 1 aromatic carbocycles. The first-order valence-corrected chi connectivity index (χ1v) is 11.2. The van der Waals surface area contributed by atoms with Gasteiger partial charge in [0.2, 0.25) is 10.0 Å². The number of hydrogen-bond donors (Lipinski definition) is 2. The van der Waals surface area contributed by atoms with Crippen molar-refractivity contribution in [1.29, 1.82) is 0 Å². The first kappa shape index (κ1) is 21.8. The second-order valence-corrected chi connectivity index (χ2v) is 9.04. The van der Waals surface area contributed by atoms with Crippen molar-refractivity contribution in [3.05, 3.63) is 28.8 Å². The number of methoxy groups -OCH3 is 1. The Balaban J connectivity index is 1.86. The maximum atomic E-state index is 12.2. The molecule has 9 heteroatoms. The van der Waals surface area contributed by atoms with Crippen molar-refractivity contribution in [3.63, 3.8) is 0 Å². The smallest absolute Gasteiger partial charge is 0.214 e. The minimum atomic E-state index is -3.11. The summed E-state index contributed by atoms with van der Waals surface area (Å²) >= 11 is 5.99. The second-order valence-electron chi connectivity index (χ2n) is 6.52. The summed E-state index contributed by atoms with van der Waals surface area (Å²) < 4.78 is 31.3. The SMILES string of the molecule is CCCS(=O)(=O)N1CCC(NC(=NC)NCc2ccc(Cl)cc2OC)CC1. The Morgan fingerprint density at radius 2 is 2.07 bits per heavy atom. The van der Waals surface area contributed by atoms with Crippen molar-refractivity contribution < 1.29 is 13.2 Å². The van der Waals surface area contributed by atoms with Crippen LogP contribution in [0.3, 0.4) is 0 Å². The number of benzene rings is 1. The molecule has 0 atom stereocenters. The Morgan fingerprint density at radius 3 is 2.67 bits per heavy atom. The molecule has 0 bridgehead atoms. The van der Waals surface area contributed by atoms with Crippen LogP contribution < -0.4 is 15.4 Å². The molecule has 7 nitrogen and oxygen atoms in total. The van der Waals surface area contributed by atoms with E-state index >= 15 is 0 Å². The third kappa shape index (κ3) is 6.26. The van der Waals surface area contributed by atoms with Gasteiger partial charge in [0, 0.05) is 43.3 Å². The van der Waals surface area contributed by atoms with Gasteiger partial charge in [0.1, 0.15) is 5.75 Å². The molecule has 2 N–H and O–H groups in total. The molecular weight excluding hydrogens is 388 g/mol. The number of rotatable bonds is 7. The first-order chi connectivity index (χ1) is 12.9. The molecular formula is C18H29ClN4O3S. The van der Waals surface area contributed by atoms with Crippen LogP contribution >= 0.6 is 11.6 Å². The standard InChI is InChI=1S/C18H29ClN4O3S/c1-4-11-27(24,25)23-9-7-16(8-10-23)22-18(20-2)21-13-14-5-6-15(19)12-17(14)26-3/h5-6,12,16H,4,7-11,13H2,1-3H3,(H2,20,21,22). The molecule has 1 aliphatic heterocycles. The Bertz CT molecular complexity index is 747. The second kappa shape index (κ2) is 10.1. The number of sulfonamides is 1. The highest BCUT2D eigenvalue weighted by molar-refractivity contribution is 7.89. The zero-order chi connectivity index (χ0) is 19.9. The van der Waals surface area contributed by atoms with Crippen LogP contribution in [0.15, 0.2) is 23.2 Å². The van der Waals surface area contributed by atoms with Crippen molar-refractivity contribution in [1.82, 2.24) is 14.9 Å². The van der Waals surface area contributed by atoms with E-state index < -0.39 is 10.0 Å². The van der Waals surface area contributed by atoms with E-state index in [4.69, 9.17) is 16.3 Å². The third-order valence-electron chi connectivity index (χ3n) is 4.57. The molecule has 1 saturated heterocycles. The number of piperidine rings is 1. The van der Waals surface area contributed by atoms with E-state index in [0.29, 0.717) is 37.0 Å². The molecule has 152 valence electrons. The third-order valence-corrected chi connectivity index (χ3v) is 6.88. The van der Waals surface area contributed by atoms with Crippen LogP contribution in [-0.4, -0.2) is 57.7 Å². The van der Waals surface area contributed by atoms with E-state index in [1.54, 1.807) is 24.5 Å². The van der Waals surface area contributed by atoms with Crippen molar-refractivity contribution >= 4 is 27.6 Å². The molecule has 27 heavy (non-hydrogen) atoms. The lowest BCUT2D eigenvalue weighted by molar-refractivity contribution is 0.306. The Kier molecular flexibility index (Phi) is 8.19. The number of ether oxygens (including phenoxy) is 1. The lowest BCUT2D eigenvalue weighted by Gasteiger charge is -2.32. The zero-order valence-corrected chi connectivity index (χ0v) is 17.7. The number of guanidine groups is 1. The fourth-order valence-corrected chi connectivity index (χ4v) is 4.80. The van der Waals surface area contributed by atoms with Crippen LogP contribution in [0.25, 0.3) is 0 Å². The number of nitrogens with one attached hydrogen (secondary N) is 2. The molecule has 2 rings (SSSR count). The summed E-state index contributed by atoms with van der Waals surface area (Å²) in [6.45, 7) is 3.52. The van der Waals surface area contributed by atoms with E-state index in [1.807, 2.05) is 19.1 Å². The first-order valence-electron chi connectivity index (χ1n) is 9.17. The van der Waals surface area contributed by atoms with Crippen molar-refractivity contribution in [2.24, 2.45) is 4.99 Å². The number of aliphatic imine (C=N–C) groups is 1. The zero-order valence-electron chi connectivity index (χ0n) is 16.2. The summed E-state index contributed by atoms with van der Waals surface area (Å²) in [4.78, 5) is 4.26. The van der Waals surface area contributed by atoms with Gasteiger partial charge in [0.15, 0.2) is 5.96 Å². The van der Waals surface area contributed by atoms with Crippen LogP contribution in [0.5, 0.6) is 5.75 Å². The van der Waals surface area contributed by atoms with Crippen molar-refractivity contribution in [2.45, 2.75) is 38.8 Å². The monoisotopic (exact) mass is 416 g/mol. The number of hydrogen-bond acceptors (Lipinski definition) is 4. The summed E-state index contributed by atoms with van der Waals surface area (Å²) in [7, 11) is 0.218. The van der Waals surface area contributed by atoms with E-state index in [2.05, 4.69) is 15.6 Å². The van der Waals surface area contributed by atoms with E-state index in [-0.39, 0.29) is 11.8 Å². The van der Waals surface area contributed by atoms with Crippen LogP contribution in [0.2, 0.25) is 5.02 Å². The lowest BCUT2D eigenvalue weighted by Crippen LogP contribution is -2.49. The molecule has 1 aliphatic rings. The van der Waals surface area contributed by atoms with Crippen LogP contribution in [0.4, 0.5) is 0 Å². The molecule has 0 aliphatic carbocycles. The van der Waals surface area contributed by atoms with Gasteiger partial charge in [-0.1, -0.05) is 24.6 Å². The van der Waals surface area contributed by atoms with E-state index in [9.17, 15) is 8.42 Å². The summed E-state index contributed by atoms with van der Waals surface area (Å²) in [6.07, 6.45) is 2.16. The van der Waals surface area contributed by atoms with Gasteiger partial charge < -0.3 is 15.4 Å².